The minimum Gasteiger partial charge on any atom is -0.309 e. The summed E-state index contributed by atoms with van der Waals surface area (Å²) in [6.07, 6.45) is 0.545. The molecular formula is C20H18F2N4O3S. The van der Waals surface area contributed by atoms with Crippen molar-refractivity contribution in [3.8, 4) is 11.3 Å². The fourth-order valence-electron chi connectivity index (χ4n) is 3.67. The number of rotatable bonds is 4. The Bertz CT molecular complexity index is 1260. The van der Waals surface area contributed by atoms with Crippen molar-refractivity contribution in [2.24, 2.45) is 0 Å². The Morgan fingerprint density at radius 3 is 2.73 bits per heavy atom. The van der Waals surface area contributed by atoms with Gasteiger partial charge >= 0.3 is 0 Å². The van der Waals surface area contributed by atoms with E-state index in [4.69, 9.17) is 0 Å². The smallest absolute Gasteiger partial charge is 0.263 e. The van der Waals surface area contributed by atoms with Crippen LogP contribution in [-0.4, -0.2) is 30.6 Å². The maximum atomic E-state index is 14.0. The highest BCUT2D eigenvalue weighted by molar-refractivity contribution is 7.92. The number of hydrogen-bond acceptors (Lipinski definition) is 4. The molecule has 0 saturated carbocycles. The van der Waals surface area contributed by atoms with Crippen molar-refractivity contribution < 1.29 is 22.0 Å². The van der Waals surface area contributed by atoms with Crippen LogP contribution in [0.5, 0.6) is 0 Å². The van der Waals surface area contributed by atoms with Gasteiger partial charge in [-0.3, -0.25) is 14.6 Å². The highest BCUT2D eigenvalue weighted by Crippen LogP contribution is 2.34. The third-order valence-corrected chi connectivity index (χ3v) is 6.33. The van der Waals surface area contributed by atoms with Gasteiger partial charge in [0.1, 0.15) is 0 Å². The normalized spacial score (nSPS) is 15.9. The van der Waals surface area contributed by atoms with Gasteiger partial charge in [0.25, 0.3) is 10.0 Å². The number of aromatic amines is 1. The Balaban J connectivity index is 1.61. The first-order valence-corrected chi connectivity index (χ1v) is 10.6. The summed E-state index contributed by atoms with van der Waals surface area (Å²) >= 11 is 0. The minimum atomic E-state index is -3.98. The standard InChI is InChI=1S/C20H18F2N4O3S/c1-11-8-13-9-14(6-7-18(13)26(11)12(2)27)30(28,29)25-19-10-17(23-24-19)15-4-3-5-16(21)20(15)22/h3-7,9-11H,8H2,1-2H3,(H2,23,24,25). The Morgan fingerprint density at radius 1 is 1.23 bits per heavy atom. The number of benzene rings is 2. The summed E-state index contributed by atoms with van der Waals surface area (Å²) in [5.74, 6) is -2.24. The van der Waals surface area contributed by atoms with Gasteiger partial charge in [0.05, 0.1) is 10.6 Å². The first-order chi connectivity index (χ1) is 14.2. The van der Waals surface area contributed by atoms with Crippen molar-refractivity contribution in [3.05, 3.63) is 59.7 Å². The van der Waals surface area contributed by atoms with Crippen LogP contribution in [0, 0.1) is 11.6 Å². The van der Waals surface area contributed by atoms with Crippen LogP contribution in [0.25, 0.3) is 11.3 Å². The molecule has 1 unspecified atom stereocenters. The van der Waals surface area contributed by atoms with Crippen LogP contribution >= 0.6 is 0 Å². The van der Waals surface area contributed by atoms with Gasteiger partial charge < -0.3 is 4.90 Å². The van der Waals surface area contributed by atoms with E-state index in [-0.39, 0.29) is 33.9 Å². The molecule has 1 aromatic heterocycles. The second kappa shape index (κ2) is 7.21. The summed E-state index contributed by atoms with van der Waals surface area (Å²) in [5, 5.41) is 6.34. The lowest BCUT2D eigenvalue weighted by Gasteiger charge is -2.20. The van der Waals surface area contributed by atoms with Crippen LogP contribution in [0.15, 0.2) is 47.4 Å². The zero-order chi connectivity index (χ0) is 21.6. The Hall–Kier alpha value is -3.27. The lowest BCUT2D eigenvalue weighted by atomic mass is 10.1. The van der Waals surface area contributed by atoms with E-state index in [2.05, 4.69) is 14.9 Å². The van der Waals surface area contributed by atoms with E-state index in [1.165, 1.54) is 37.3 Å². The number of hydrogen-bond donors (Lipinski definition) is 2. The fourth-order valence-corrected chi connectivity index (χ4v) is 4.72. The third kappa shape index (κ3) is 3.43. The molecular weight excluding hydrogens is 414 g/mol. The first-order valence-electron chi connectivity index (χ1n) is 9.12. The van der Waals surface area contributed by atoms with Crippen molar-refractivity contribution >= 4 is 27.4 Å². The molecule has 1 aliphatic rings. The van der Waals surface area contributed by atoms with Gasteiger partial charge in [0.15, 0.2) is 17.5 Å². The SMILES string of the molecule is CC(=O)N1c2ccc(S(=O)(=O)Nc3cc(-c4cccc(F)c4F)[nH]n3)cc2CC1C. The topological polar surface area (TPSA) is 95.2 Å². The largest absolute Gasteiger partial charge is 0.309 e. The molecule has 30 heavy (non-hydrogen) atoms. The van der Waals surface area contributed by atoms with Crippen LogP contribution in [0.2, 0.25) is 0 Å². The number of aromatic nitrogens is 2. The van der Waals surface area contributed by atoms with Crippen molar-refractivity contribution in [2.75, 3.05) is 9.62 Å². The van der Waals surface area contributed by atoms with Crippen LogP contribution < -0.4 is 9.62 Å². The summed E-state index contributed by atoms with van der Waals surface area (Å²) < 4.78 is 55.3. The number of halogens is 2. The molecule has 0 saturated heterocycles. The molecule has 10 heteroatoms. The Labute approximate surface area is 171 Å². The molecule has 3 aromatic rings. The predicted molar refractivity (Wildman–Crippen MR) is 108 cm³/mol. The maximum absolute atomic E-state index is 14.0. The molecule has 7 nitrogen and oxygen atoms in total. The number of carbonyl (C=O) groups excluding carboxylic acids is 1. The van der Waals surface area contributed by atoms with E-state index in [1.807, 2.05) is 6.92 Å². The Kier molecular flexibility index (Phi) is 4.81. The molecule has 1 amide bonds. The van der Waals surface area contributed by atoms with Gasteiger partial charge in [0, 0.05) is 30.3 Å². The van der Waals surface area contributed by atoms with Gasteiger partial charge in [-0.1, -0.05) is 6.07 Å². The monoisotopic (exact) mass is 432 g/mol. The van der Waals surface area contributed by atoms with Crippen molar-refractivity contribution in [2.45, 2.75) is 31.2 Å². The van der Waals surface area contributed by atoms with E-state index in [9.17, 15) is 22.0 Å². The number of nitrogens with zero attached hydrogens (tertiary/aromatic N) is 2. The van der Waals surface area contributed by atoms with Gasteiger partial charge in [-0.2, -0.15) is 5.10 Å². The number of carbonyl (C=O) groups is 1. The molecule has 0 bridgehead atoms. The summed E-state index contributed by atoms with van der Waals surface area (Å²) in [4.78, 5) is 13.5. The maximum Gasteiger partial charge on any atom is 0.263 e. The molecule has 0 fully saturated rings. The molecule has 1 atom stereocenters. The zero-order valence-electron chi connectivity index (χ0n) is 16.1. The van der Waals surface area contributed by atoms with Gasteiger partial charge in [-0.15, -0.1) is 0 Å². The molecule has 2 aromatic carbocycles. The molecule has 156 valence electrons. The van der Waals surface area contributed by atoms with E-state index in [0.717, 1.165) is 11.6 Å². The first kappa shape index (κ1) is 20.0. The van der Waals surface area contributed by atoms with Crippen molar-refractivity contribution in [1.29, 1.82) is 0 Å². The van der Waals surface area contributed by atoms with E-state index < -0.39 is 21.7 Å². The van der Waals surface area contributed by atoms with Gasteiger partial charge in [-0.05, 0) is 49.2 Å². The summed E-state index contributed by atoms with van der Waals surface area (Å²) in [6, 6.07) is 9.45. The second-order valence-electron chi connectivity index (χ2n) is 7.11. The van der Waals surface area contributed by atoms with Crippen molar-refractivity contribution in [3.63, 3.8) is 0 Å². The zero-order valence-corrected chi connectivity index (χ0v) is 16.9. The molecule has 0 spiro atoms. The summed E-state index contributed by atoms with van der Waals surface area (Å²) in [7, 11) is -3.98. The molecule has 0 aliphatic carbocycles. The number of nitrogens with one attached hydrogen (secondary N) is 2. The van der Waals surface area contributed by atoms with E-state index in [1.54, 1.807) is 11.0 Å². The molecule has 0 radical (unpaired) electrons. The lowest BCUT2D eigenvalue weighted by Crippen LogP contribution is -2.33. The highest BCUT2D eigenvalue weighted by atomic mass is 32.2. The number of fused-ring (bicyclic) bond motifs is 1. The average Bonchev–Trinajstić information content (AvgIpc) is 3.26. The predicted octanol–water partition coefficient (Wildman–Crippen LogP) is 3.45. The fraction of sp³-hybridized carbons (Fsp3) is 0.200. The van der Waals surface area contributed by atoms with E-state index >= 15 is 0 Å². The van der Waals surface area contributed by atoms with Gasteiger partial charge in [0.2, 0.25) is 5.91 Å². The Morgan fingerprint density at radius 2 is 2.00 bits per heavy atom. The number of H-pyrrole nitrogens is 1. The number of amides is 1. The van der Waals surface area contributed by atoms with Crippen LogP contribution in [0.1, 0.15) is 19.4 Å². The third-order valence-electron chi connectivity index (χ3n) is 4.97. The van der Waals surface area contributed by atoms with Crippen molar-refractivity contribution in [1.82, 2.24) is 10.2 Å². The molecule has 4 rings (SSSR count). The van der Waals surface area contributed by atoms with Crippen LogP contribution in [0.4, 0.5) is 20.3 Å². The quantitative estimate of drug-likeness (QED) is 0.660. The summed E-state index contributed by atoms with van der Waals surface area (Å²) in [5.41, 5.74) is 1.51. The number of anilines is 2. The van der Waals surface area contributed by atoms with Crippen LogP contribution in [0.3, 0.4) is 0 Å². The highest BCUT2D eigenvalue weighted by Gasteiger charge is 2.30. The minimum absolute atomic E-state index is 0.0142. The van der Waals surface area contributed by atoms with Crippen LogP contribution in [-0.2, 0) is 21.2 Å². The molecule has 2 heterocycles. The lowest BCUT2D eigenvalue weighted by molar-refractivity contribution is -0.116. The molecule has 2 N–H and O–H groups in total. The van der Waals surface area contributed by atoms with Gasteiger partial charge in [-0.25, -0.2) is 17.2 Å². The molecule has 1 aliphatic heterocycles. The van der Waals surface area contributed by atoms with E-state index in [0.29, 0.717) is 12.1 Å². The second-order valence-corrected chi connectivity index (χ2v) is 8.79. The summed E-state index contributed by atoms with van der Waals surface area (Å²) in [6.45, 7) is 3.36. The average molecular weight is 432 g/mol. The number of sulfonamides is 1.